The average molecular weight is 242 g/mol. The lowest BCUT2D eigenvalue weighted by molar-refractivity contribution is -0.144. The molecule has 0 heterocycles. The predicted molar refractivity (Wildman–Crippen MR) is 69.2 cm³/mol. The smallest absolute Gasteiger partial charge is 0.320 e. The molecule has 0 spiro atoms. The van der Waals surface area contributed by atoms with Gasteiger partial charge in [0.2, 0.25) is 0 Å². The third-order valence-electron chi connectivity index (χ3n) is 4.02. The summed E-state index contributed by atoms with van der Waals surface area (Å²) in [5, 5.41) is 12.6. The SMILES string of the molecule is CCCC(C(=O)O)N(C)C1CCC(NC)CC1. The molecule has 0 aromatic rings. The number of likely N-dealkylation sites (N-methyl/N-ethyl adjacent to an activating group) is 1. The Bertz CT molecular complexity index is 238. The first-order chi connectivity index (χ1) is 8.10. The quantitative estimate of drug-likeness (QED) is 0.744. The summed E-state index contributed by atoms with van der Waals surface area (Å²) >= 11 is 0. The maximum absolute atomic E-state index is 11.2. The maximum Gasteiger partial charge on any atom is 0.320 e. The van der Waals surface area contributed by atoms with E-state index in [4.69, 9.17) is 0 Å². The molecule has 1 rings (SSSR count). The predicted octanol–water partition coefficient (Wildman–Crippen LogP) is 1.70. The molecule has 1 atom stereocenters. The van der Waals surface area contributed by atoms with E-state index in [1.807, 2.05) is 21.0 Å². The van der Waals surface area contributed by atoms with Gasteiger partial charge in [-0.3, -0.25) is 9.69 Å². The average Bonchev–Trinajstić information content (AvgIpc) is 2.35. The number of carbonyl (C=O) groups is 1. The van der Waals surface area contributed by atoms with Crippen LogP contribution in [-0.4, -0.2) is 48.2 Å². The summed E-state index contributed by atoms with van der Waals surface area (Å²) in [5.74, 6) is -0.676. The monoisotopic (exact) mass is 242 g/mol. The van der Waals surface area contributed by atoms with Crippen LogP contribution in [0, 0.1) is 0 Å². The van der Waals surface area contributed by atoms with Crippen molar-refractivity contribution in [2.75, 3.05) is 14.1 Å². The maximum atomic E-state index is 11.2. The second-order valence-electron chi connectivity index (χ2n) is 5.10. The Morgan fingerprint density at radius 2 is 2.00 bits per heavy atom. The lowest BCUT2D eigenvalue weighted by Crippen LogP contribution is -2.47. The van der Waals surface area contributed by atoms with E-state index < -0.39 is 5.97 Å². The van der Waals surface area contributed by atoms with Crippen molar-refractivity contribution in [3.8, 4) is 0 Å². The first-order valence-corrected chi connectivity index (χ1v) is 6.72. The van der Waals surface area contributed by atoms with Gasteiger partial charge in [-0.05, 0) is 46.2 Å². The molecule has 4 nitrogen and oxygen atoms in total. The first-order valence-electron chi connectivity index (χ1n) is 6.72. The summed E-state index contributed by atoms with van der Waals surface area (Å²) in [6, 6.07) is 0.748. The first kappa shape index (κ1) is 14.5. The zero-order chi connectivity index (χ0) is 12.8. The van der Waals surface area contributed by atoms with Gasteiger partial charge in [-0.2, -0.15) is 0 Å². The standard InChI is InChI=1S/C13H26N2O2/c1-4-5-12(13(16)17)15(3)11-8-6-10(14-2)7-9-11/h10-12,14H,4-9H2,1-3H3,(H,16,17). The van der Waals surface area contributed by atoms with Gasteiger partial charge in [0, 0.05) is 12.1 Å². The molecule has 17 heavy (non-hydrogen) atoms. The minimum Gasteiger partial charge on any atom is -0.480 e. The third kappa shape index (κ3) is 3.96. The minimum absolute atomic E-state index is 0.309. The molecule has 1 unspecified atom stereocenters. The van der Waals surface area contributed by atoms with E-state index in [0.29, 0.717) is 12.1 Å². The molecule has 1 saturated carbocycles. The van der Waals surface area contributed by atoms with Gasteiger partial charge in [-0.15, -0.1) is 0 Å². The van der Waals surface area contributed by atoms with Crippen LogP contribution in [0.4, 0.5) is 0 Å². The molecule has 0 saturated heterocycles. The van der Waals surface area contributed by atoms with Gasteiger partial charge < -0.3 is 10.4 Å². The van der Waals surface area contributed by atoms with Crippen molar-refractivity contribution in [2.45, 2.75) is 63.6 Å². The molecule has 0 aromatic carbocycles. The zero-order valence-corrected chi connectivity index (χ0v) is 11.3. The van der Waals surface area contributed by atoms with Crippen molar-refractivity contribution in [2.24, 2.45) is 0 Å². The second kappa shape index (κ2) is 6.97. The fourth-order valence-corrected chi connectivity index (χ4v) is 2.80. The highest BCUT2D eigenvalue weighted by Crippen LogP contribution is 2.24. The summed E-state index contributed by atoms with van der Waals surface area (Å²) in [7, 11) is 3.98. The Balaban J connectivity index is 2.50. The molecule has 1 aliphatic carbocycles. The van der Waals surface area contributed by atoms with E-state index >= 15 is 0 Å². The molecule has 0 aliphatic heterocycles. The summed E-state index contributed by atoms with van der Waals surface area (Å²) in [5.41, 5.74) is 0. The number of hydrogen-bond acceptors (Lipinski definition) is 3. The Hall–Kier alpha value is -0.610. The molecule has 0 amide bonds. The topological polar surface area (TPSA) is 52.6 Å². The zero-order valence-electron chi connectivity index (χ0n) is 11.3. The number of carboxylic acid groups (broad SMARTS) is 1. The van der Waals surface area contributed by atoms with Crippen LogP contribution >= 0.6 is 0 Å². The summed E-state index contributed by atoms with van der Waals surface area (Å²) < 4.78 is 0. The van der Waals surface area contributed by atoms with E-state index in [9.17, 15) is 9.90 Å². The number of carboxylic acids is 1. The van der Waals surface area contributed by atoms with Crippen molar-refractivity contribution in [1.82, 2.24) is 10.2 Å². The van der Waals surface area contributed by atoms with E-state index in [1.165, 1.54) is 0 Å². The van der Waals surface area contributed by atoms with E-state index in [1.54, 1.807) is 0 Å². The van der Waals surface area contributed by atoms with Crippen LogP contribution < -0.4 is 5.32 Å². The summed E-state index contributed by atoms with van der Waals surface area (Å²) in [6.07, 6.45) is 6.20. The van der Waals surface area contributed by atoms with Gasteiger partial charge in [-0.25, -0.2) is 0 Å². The van der Waals surface area contributed by atoms with Crippen LogP contribution in [0.1, 0.15) is 45.4 Å². The van der Waals surface area contributed by atoms with Gasteiger partial charge in [0.1, 0.15) is 6.04 Å². The normalized spacial score (nSPS) is 27.1. The summed E-state index contributed by atoms with van der Waals surface area (Å²) in [4.78, 5) is 13.3. The Morgan fingerprint density at radius 1 is 1.41 bits per heavy atom. The van der Waals surface area contributed by atoms with Gasteiger partial charge in [0.25, 0.3) is 0 Å². The molecule has 0 bridgehead atoms. The highest BCUT2D eigenvalue weighted by atomic mass is 16.4. The number of hydrogen-bond donors (Lipinski definition) is 2. The van der Waals surface area contributed by atoms with Gasteiger partial charge >= 0.3 is 5.97 Å². The van der Waals surface area contributed by atoms with Gasteiger partial charge in [-0.1, -0.05) is 13.3 Å². The van der Waals surface area contributed by atoms with Crippen LogP contribution in [-0.2, 0) is 4.79 Å². The number of nitrogens with one attached hydrogen (secondary N) is 1. The largest absolute Gasteiger partial charge is 0.480 e. The molecule has 0 radical (unpaired) electrons. The third-order valence-corrected chi connectivity index (χ3v) is 4.02. The lowest BCUT2D eigenvalue weighted by atomic mass is 9.89. The molecule has 1 aliphatic rings. The highest BCUT2D eigenvalue weighted by molar-refractivity contribution is 5.73. The van der Waals surface area contributed by atoms with Crippen LogP contribution in [0.15, 0.2) is 0 Å². The van der Waals surface area contributed by atoms with Crippen molar-refractivity contribution < 1.29 is 9.90 Å². The van der Waals surface area contributed by atoms with E-state index in [0.717, 1.165) is 38.5 Å². The highest BCUT2D eigenvalue weighted by Gasteiger charge is 2.30. The van der Waals surface area contributed by atoms with Crippen molar-refractivity contribution in [3.05, 3.63) is 0 Å². The Labute approximate surface area is 104 Å². The number of aliphatic carboxylic acids is 1. The molecular formula is C13H26N2O2. The Kier molecular flexibility index (Phi) is 5.92. The number of rotatable bonds is 6. The molecule has 1 fully saturated rings. The van der Waals surface area contributed by atoms with Crippen molar-refractivity contribution in [3.63, 3.8) is 0 Å². The fraction of sp³-hybridized carbons (Fsp3) is 0.923. The van der Waals surface area contributed by atoms with Crippen LogP contribution in [0.2, 0.25) is 0 Å². The van der Waals surface area contributed by atoms with E-state index in [2.05, 4.69) is 10.2 Å². The van der Waals surface area contributed by atoms with Crippen LogP contribution in [0.25, 0.3) is 0 Å². The van der Waals surface area contributed by atoms with Gasteiger partial charge in [0.05, 0.1) is 0 Å². The Morgan fingerprint density at radius 3 is 2.41 bits per heavy atom. The summed E-state index contributed by atoms with van der Waals surface area (Å²) in [6.45, 7) is 2.04. The molecule has 100 valence electrons. The molecular weight excluding hydrogens is 216 g/mol. The van der Waals surface area contributed by atoms with Crippen LogP contribution in [0.5, 0.6) is 0 Å². The van der Waals surface area contributed by atoms with Crippen molar-refractivity contribution >= 4 is 5.97 Å². The molecule has 0 aromatic heterocycles. The minimum atomic E-state index is -0.676. The van der Waals surface area contributed by atoms with Gasteiger partial charge in [0.15, 0.2) is 0 Å². The van der Waals surface area contributed by atoms with Crippen molar-refractivity contribution in [1.29, 1.82) is 0 Å². The fourth-order valence-electron chi connectivity index (χ4n) is 2.80. The second-order valence-corrected chi connectivity index (χ2v) is 5.10. The number of nitrogens with zero attached hydrogens (tertiary/aromatic N) is 1. The lowest BCUT2D eigenvalue weighted by Gasteiger charge is -2.37. The van der Waals surface area contributed by atoms with Crippen LogP contribution in [0.3, 0.4) is 0 Å². The molecule has 4 heteroatoms. The molecule has 2 N–H and O–H groups in total. The van der Waals surface area contributed by atoms with E-state index in [-0.39, 0.29) is 6.04 Å².